The molecule has 0 bridgehead atoms. The summed E-state index contributed by atoms with van der Waals surface area (Å²) >= 11 is 0. The summed E-state index contributed by atoms with van der Waals surface area (Å²) in [6, 6.07) is 8.93. The van der Waals surface area contributed by atoms with Crippen LogP contribution < -0.4 is 10.5 Å². The van der Waals surface area contributed by atoms with Crippen molar-refractivity contribution >= 4 is 17.5 Å². The van der Waals surface area contributed by atoms with Gasteiger partial charge in [0, 0.05) is 25.0 Å². The number of nitrogens with zero attached hydrogens (tertiary/aromatic N) is 2. The van der Waals surface area contributed by atoms with Crippen molar-refractivity contribution in [1.82, 2.24) is 9.88 Å². The first-order chi connectivity index (χ1) is 13.5. The standard InChI is InChI=1S/C20H20FN3O4/c21-14-3-5-15(6-4-14)24-13-20(28-12-17(24)25)7-10-23(11-8-20)19(27)16-2-1-9-22-18(16)26/h1-6,9H,7-8,10-13H2,(H,22,26). The van der Waals surface area contributed by atoms with E-state index in [-0.39, 0.29) is 29.8 Å². The van der Waals surface area contributed by atoms with E-state index in [1.54, 1.807) is 28.0 Å². The van der Waals surface area contributed by atoms with Gasteiger partial charge in [0.25, 0.3) is 17.4 Å². The Kier molecular flexibility index (Phi) is 4.72. The lowest BCUT2D eigenvalue weighted by Gasteiger charge is -2.46. The normalized spacial score (nSPS) is 19.1. The summed E-state index contributed by atoms with van der Waals surface area (Å²) in [4.78, 5) is 42.6. The highest BCUT2D eigenvalue weighted by Crippen LogP contribution is 2.33. The first kappa shape index (κ1) is 18.4. The Morgan fingerprint density at radius 1 is 1.11 bits per heavy atom. The summed E-state index contributed by atoms with van der Waals surface area (Å²) in [5.74, 6) is -0.840. The molecule has 1 N–H and O–H groups in total. The summed E-state index contributed by atoms with van der Waals surface area (Å²) in [5.41, 5.74) is -0.216. The zero-order chi connectivity index (χ0) is 19.7. The van der Waals surface area contributed by atoms with Crippen LogP contribution >= 0.6 is 0 Å². The van der Waals surface area contributed by atoms with E-state index in [2.05, 4.69) is 4.98 Å². The Labute approximate surface area is 160 Å². The second kappa shape index (κ2) is 7.20. The maximum atomic E-state index is 13.2. The van der Waals surface area contributed by atoms with Crippen molar-refractivity contribution in [2.75, 3.05) is 31.1 Å². The van der Waals surface area contributed by atoms with Crippen molar-refractivity contribution < 1.29 is 18.7 Å². The van der Waals surface area contributed by atoms with E-state index in [1.807, 2.05) is 0 Å². The predicted octanol–water partition coefficient (Wildman–Crippen LogP) is 1.55. The van der Waals surface area contributed by atoms with Crippen molar-refractivity contribution in [1.29, 1.82) is 0 Å². The molecule has 1 aromatic carbocycles. The number of pyridine rings is 1. The lowest BCUT2D eigenvalue weighted by Crippen LogP contribution is -2.59. The van der Waals surface area contributed by atoms with Gasteiger partial charge < -0.3 is 19.5 Å². The molecule has 4 rings (SSSR count). The van der Waals surface area contributed by atoms with Crippen molar-refractivity contribution in [2.45, 2.75) is 18.4 Å². The Bertz CT molecular complexity index is 948. The fourth-order valence-corrected chi connectivity index (χ4v) is 3.75. The summed E-state index contributed by atoms with van der Waals surface area (Å²) in [6.07, 6.45) is 2.59. The van der Waals surface area contributed by atoms with Crippen molar-refractivity contribution in [2.24, 2.45) is 0 Å². The topological polar surface area (TPSA) is 82.7 Å². The number of ether oxygens (including phenoxy) is 1. The molecule has 28 heavy (non-hydrogen) atoms. The van der Waals surface area contributed by atoms with Crippen LogP contribution in [0, 0.1) is 5.82 Å². The van der Waals surface area contributed by atoms with Gasteiger partial charge in [-0.05, 0) is 49.2 Å². The van der Waals surface area contributed by atoms with Crippen LogP contribution in [0.3, 0.4) is 0 Å². The first-order valence-electron chi connectivity index (χ1n) is 9.14. The minimum atomic E-state index is -0.553. The van der Waals surface area contributed by atoms with Crippen LogP contribution in [0.1, 0.15) is 23.2 Å². The van der Waals surface area contributed by atoms with Gasteiger partial charge in [-0.2, -0.15) is 0 Å². The van der Waals surface area contributed by atoms with Crippen molar-refractivity contribution in [3.8, 4) is 0 Å². The molecule has 0 aliphatic carbocycles. The summed E-state index contributed by atoms with van der Waals surface area (Å²) in [5, 5.41) is 0. The van der Waals surface area contributed by atoms with E-state index < -0.39 is 11.2 Å². The van der Waals surface area contributed by atoms with Crippen LogP contribution in [0.25, 0.3) is 0 Å². The molecule has 3 heterocycles. The van der Waals surface area contributed by atoms with E-state index in [0.29, 0.717) is 38.2 Å². The fourth-order valence-electron chi connectivity index (χ4n) is 3.75. The SMILES string of the molecule is O=C(c1ccc[nH]c1=O)N1CCC2(CC1)CN(c1ccc(F)cc1)C(=O)CO2. The van der Waals surface area contributed by atoms with Gasteiger partial charge in [0.15, 0.2) is 0 Å². The van der Waals surface area contributed by atoms with Crippen molar-refractivity contribution in [3.05, 3.63) is 64.3 Å². The minimum Gasteiger partial charge on any atom is -0.363 e. The van der Waals surface area contributed by atoms with E-state index >= 15 is 0 Å². The van der Waals surface area contributed by atoms with Crippen LogP contribution in [0.2, 0.25) is 0 Å². The third-order valence-corrected chi connectivity index (χ3v) is 5.40. The Morgan fingerprint density at radius 2 is 1.82 bits per heavy atom. The Hall–Kier alpha value is -3.00. The predicted molar refractivity (Wildman–Crippen MR) is 99.6 cm³/mol. The number of benzene rings is 1. The number of likely N-dealkylation sites (tertiary alicyclic amines) is 1. The number of hydrogen-bond acceptors (Lipinski definition) is 4. The Balaban J connectivity index is 1.46. The molecule has 2 aromatic rings. The second-order valence-electron chi connectivity index (χ2n) is 7.13. The number of H-pyrrole nitrogens is 1. The molecule has 0 saturated carbocycles. The molecular formula is C20H20FN3O4. The molecule has 2 saturated heterocycles. The van der Waals surface area contributed by atoms with Crippen LogP contribution in [0.5, 0.6) is 0 Å². The van der Waals surface area contributed by atoms with E-state index in [0.717, 1.165) is 0 Å². The molecule has 2 fully saturated rings. The fraction of sp³-hybridized carbons (Fsp3) is 0.350. The maximum absolute atomic E-state index is 13.2. The molecule has 8 heteroatoms. The lowest BCUT2D eigenvalue weighted by molar-refractivity contribution is -0.143. The molecule has 1 spiro atoms. The van der Waals surface area contributed by atoms with Crippen LogP contribution in [-0.4, -0.2) is 53.5 Å². The summed E-state index contributed by atoms with van der Waals surface area (Å²) in [7, 11) is 0. The number of hydrogen-bond donors (Lipinski definition) is 1. The second-order valence-corrected chi connectivity index (χ2v) is 7.13. The number of nitrogens with one attached hydrogen (secondary N) is 1. The van der Waals surface area contributed by atoms with Crippen LogP contribution in [0.4, 0.5) is 10.1 Å². The van der Waals surface area contributed by atoms with Gasteiger partial charge in [0.1, 0.15) is 18.0 Å². The molecule has 0 unspecified atom stereocenters. The number of halogens is 1. The number of aromatic nitrogens is 1. The molecule has 0 radical (unpaired) electrons. The zero-order valence-corrected chi connectivity index (χ0v) is 15.2. The highest BCUT2D eigenvalue weighted by atomic mass is 19.1. The molecule has 1 aromatic heterocycles. The highest BCUT2D eigenvalue weighted by Gasteiger charge is 2.43. The van der Waals surface area contributed by atoms with Gasteiger partial charge >= 0.3 is 0 Å². The van der Waals surface area contributed by atoms with Gasteiger partial charge in [0.2, 0.25) is 0 Å². The molecular weight excluding hydrogens is 365 g/mol. The summed E-state index contributed by atoms with van der Waals surface area (Å²) in [6.45, 7) is 1.16. The average Bonchev–Trinajstić information content (AvgIpc) is 2.71. The molecule has 2 aliphatic heterocycles. The molecule has 0 atom stereocenters. The Morgan fingerprint density at radius 3 is 2.50 bits per heavy atom. The smallest absolute Gasteiger partial charge is 0.260 e. The van der Waals surface area contributed by atoms with Crippen molar-refractivity contribution in [3.63, 3.8) is 0 Å². The summed E-state index contributed by atoms with van der Waals surface area (Å²) < 4.78 is 19.1. The number of anilines is 1. The number of piperidine rings is 1. The third-order valence-electron chi connectivity index (χ3n) is 5.40. The molecule has 7 nitrogen and oxygen atoms in total. The average molecular weight is 385 g/mol. The maximum Gasteiger partial charge on any atom is 0.260 e. The van der Waals surface area contributed by atoms with Gasteiger partial charge in [-0.3, -0.25) is 14.4 Å². The van der Waals surface area contributed by atoms with Crippen LogP contribution in [0.15, 0.2) is 47.4 Å². The van der Waals surface area contributed by atoms with Gasteiger partial charge in [0.05, 0.1) is 12.1 Å². The quantitative estimate of drug-likeness (QED) is 0.850. The van der Waals surface area contributed by atoms with E-state index in [1.165, 1.54) is 24.4 Å². The number of morpholine rings is 1. The first-order valence-corrected chi connectivity index (χ1v) is 9.14. The number of rotatable bonds is 2. The molecule has 2 aliphatic rings. The largest absolute Gasteiger partial charge is 0.363 e. The monoisotopic (exact) mass is 385 g/mol. The van der Waals surface area contributed by atoms with Gasteiger partial charge in [-0.1, -0.05) is 0 Å². The van der Waals surface area contributed by atoms with E-state index in [9.17, 15) is 18.8 Å². The molecule has 2 amide bonds. The number of carbonyl (C=O) groups is 2. The number of amides is 2. The zero-order valence-electron chi connectivity index (χ0n) is 15.2. The molecule has 146 valence electrons. The lowest BCUT2D eigenvalue weighted by atomic mass is 9.88. The van der Waals surface area contributed by atoms with E-state index in [4.69, 9.17) is 4.74 Å². The van der Waals surface area contributed by atoms with Crippen LogP contribution in [-0.2, 0) is 9.53 Å². The highest BCUT2D eigenvalue weighted by molar-refractivity contribution is 5.95. The minimum absolute atomic E-state index is 0.0519. The number of aromatic amines is 1. The third kappa shape index (κ3) is 3.43. The van der Waals surface area contributed by atoms with Gasteiger partial charge in [-0.15, -0.1) is 0 Å². The number of carbonyl (C=O) groups excluding carboxylic acids is 2. The van der Waals surface area contributed by atoms with Gasteiger partial charge in [-0.25, -0.2) is 4.39 Å².